The number of ether oxygens (including phenoxy) is 1. The SMILES string of the molecule is COC1CN(c2ccc(N)c3cnccc23)CCC1C. The van der Waals surface area contributed by atoms with Crippen molar-refractivity contribution >= 4 is 22.1 Å². The first kappa shape index (κ1) is 13.2. The Balaban J connectivity index is 2.00. The number of hydrogen-bond donors (Lipinski definition) is 1. The van der Waals surface area contributed by atoms with Gasteiger partial charge in [0.05, 0.1) is 6.10 Å². The Kier molecular flexibility index (Phi) is 3.49. The van der Waals surface area contributed by atoms with Crippen LogP contribution in [-0.2, 0) is 4.74 Å². The molecular weight excluding hydrogens is 250 g/mol. The van der Waals surface area contributed by atoms with Gasteiger partial charge in [-0.15, -0.1) is 0 Å². The van der Waals surface area contributed by atoms with Crippen molar-refractivity contribution in [1.29, 1.82) is 0 Å². The van der Waals surface area contributed by atoms with E-state index >= 15 is 0 Å². The van der Waals surface area contributed by atoms with Crippen molar-refractivity contribution in [1.82, 2.24) is 4.98 Å². The number of pyridine rings is 1. The average Bonchev–Trinajstić information content (AvgIpc) is 2.49. The minimum atomic E-state index is 0.290. The summed E-state index contributed by atoms with van der Waals surface area (Å²) in [6.07, 6.45) is 5.11. The molecule has 2 aromatic rings. The second kappa shape index (κ2) is 5.29. The Bertz CT molecular complexity index is 614. The third kappa shape index (κ3) is 2.20. The van der Waals surface area contributed by atoms with Gasteiger partial charge in [0.25, 0.3) is 0 Å². The number of fused-ring (bicyclic) bond motifs is 1. The van der Waals surface area contributed by atoms with Gasteiger partial charge in [-0.25, -0.2) is 0 Å². The van der Waals surface area contributed by atoms with E-state index in [0.717, 1.165) is 30.6 Å². The number of benzene rings is 1. The molecule has 4 nitrogen and oxygen atoms in total. The number of piperidine rings is 1. The maximum absolute atomic E-state index is 6.05. The van der Waals surface area contributed by atoms with Gasteiger partial charge in [-0.05, 0) is 30.5 Å². The van der Waals surface area contributed by atoms with Crippen LogP contribution in [0.4, 0.5) is 11.4 Å². The normalized spacial score (nSPS) is 23.2. The highest BCUT2D eigenvalue weighted by Crippen LogP contribution is 2.33. The summed E-state index contributed by atoms with van der Waals surface area (Å²) in [6, 6.07) is 6.13. The van der Waals surface area contributed by atoms with Crippen molar-refractivity contribution in [3.63, 3.8) is 0 Å². The van der Waals surface area contributed by atoms with Gasteiger partial charge in [-0.3, -0.25) is 4.98 Å². The van der Waals surface area contributed by atoms with Crippen LogP contribution in [0.25, 0.3) is 10.8 Å². The third-order valence-corrected chi connectivity index (χ3v) is 4.36. The summed E-state index contributed by atoms with van der Waals surface area (Å²) in [5.74, 6) is 0.609. The van der Waals surface area contributed by atoms with E-state index in [1.54, 1.807) is 7.11 Å². The van der Waals surface area contributed by atoms with Crippen molar-refractivity contribution in [3.05, 3.63) is 30.6 Å². The van der Waals surface area contributed by atoms with Crippen LogP contribution in [0.3, 0.4) is 0 Å². The molecule has 0 aliphatic carbocycles. The van der Waals surface area contributed by atoms with Crippen LogP contribution >= 0.6 is 0 Å². The molecule has 1 fully saturated rings. The van der Waals surface area contributed by atoms with Crippen molar-refractivity contribution in [2.24, 2.45) is 5.92 Å². The summed E-state index contributed by atoms with van der Waals surface area (Å²) in [6.45, 7) is 4.25. The number of anilines is 2. The van der Waals surface area contributed by atoms with Crippen LogP contribution in [0.2, 0.25) is 0 Å². The zero-order chi connectivity index (χ0) is 14.1. The molecule has 1 aliphatic heterocycles. The molecule has 3 rings (SSSR count). The molecule has 0 saturated carbocycles. The van der Waals surface area contributed by atoms with Crippen LogP contribution in [0.1, 0.15) is 13.3 Å². The van der Waals surface area contributed by atoms with Crippen LogP contribution < -0.4 is 10.6 Å². The molecule has 2 N–H and O–H groups in total. The van der Waals surface area contributed by atoms with E-state index in [4.69, 9.17) is 10.5 Å². The van der Waals surface area contributed by atoms with Crippen molar-refractivity contribution in [2.75, 3.05) is 30.8 Å². The number of methoxy groups -OCH3 is 1. The van der Waals surface area contributed by atoms with Crippen LogP contribution in [0.5, 0.6) is 0 Å². The molecule has 4 heteroatoms. The smallest absolute Gasteiger partial charge is 0.0772 e. The van der Waals surface area contributed by atoms with E-state index in [9.17, 15) is 0 Å². The Morgan fingerprint density at radius 1 is 1.30 bits per heavy atom. The largest absolute Gasteiger partial charge is 0.398 e. The zero-order valence-corrected chi connectivity index (χ0v) is 12.0. The number of nitrogens with two attached hydrogens (primary N) is 1. The van der Waals surface area contributed by atoms with Crippen LogP contribution in [-0.4, -0.2) is 31.3 Å². The molecule has 0 bridgehead atoms. The molecule has 1 aromatic heterocycles. The number of rotatable bonds is 2. The Labute approximate surface area is 119 Å². The highest BCUT2D eigenvalue weighted by molar-refractivity contribution is 6.00. The number of aromatic nitrogens is 1. The van der Waals surface area contributed by atoms with Crippen LogP contribution in [0, 0.1) is 5.92 Å². The molecule has 0 radical (unpaired) electrons. The summed E-state index contributed by atoms with van der Waals surface area (Å²) in [4.78, 5) is 6.58. The summed E-state index contributed by atoms with van der Waals surface area (Å²) >= 11 is 0. The third-order valence-electron chi connectivity index (χ3n) is 4.36. The second-order valence-electron chi connectivity index (χ2n) is 5.58. The van der Waals surface area contributed by atoms with Gasteiger partial charge in [0.2, 0.25) is 0 Å². The lowest BCUT2D eigenvalue weighted by molar-refractivity contribution is 0.0499. The molecular formula is C16H21N3O. The maximum Gasteiger partial charge on any atom is 0.0772 e. The van der Waals surface area contributed by atoms with Gasteiger partial charge < -0.3 is 15.4 Å². The molecule has 2 unspecified atom stereocenters. The first-order valence-corrected chi connectivity index (χ1v) is 7.10. The predicted octanol–water partition coefficient (Wildman–Crippen LogP) is 2.68. The van der Waals surface area contributed by atoms with Gasteiger partial charge in [-0.2, -0.15) is 0 Å². The van der Waals surface area contributed by atoms with Gasteiger partial charge in [0.15, 0.2) is 0 Å². The van der Waals surface area contributed by atoms with Gasteiger partial charge in [-0.1, -0.05) is 6.92 Å². The Hall–Kier alpha value is -1.81. The number of nitrogen functional groups attached to an aromatic ring is 1. The minimum Gasteiger partial charge on any atom is -0.398 e. The molecule has 2 atom stereocenters. The standard InChI is InChI=1S/C16H21N3O/c1-11-6-8-19(10-16(11)20-2)15-4-3-14(17)13-9-18-7-5-12(13)15/h3-5,7,9,11,16H,6,8,10,17H2,1-2H3. The van der Waals surface area contributed by atoms with E-state index in [2.05, 4.69) is 22.9 Å². The lowest BCUT2D eigenvalue weighted by Crippen LogP contribution is -2.44. The monoisotopic (exact) mass is 271 g/mol. The van der Waals surface area contributed by atoms with E-state index in [0.29, 0.717) is 5.92 Å². The Morgan fingerprint density at radius 3 is 2.95 bits per heavy atom. The lowest BCUT2D eigenvalue weighted by Gasteiger charge is -2.38. The molecule has 106 valence electrons. The Morgan fingerprint density at radius 2 is 2.15 bits per heavy atom. The highest BCUT2D eigenvalue weighted by Gasteiger charge is 2.26. The minimum absolute atomic E-state index is 0.290. The highest BCUT2D eigenvalue weighted by atomic mass is 16.5. The van der Waals surface area contributed by atoms with E-state index in [1.165, 1.54) is 11.1 Å². The summed E-state index contributed by atoms with van der Waals surface area (Å²) in [5, 5.41) is 2.20. The molecule has 20 heavy (non-hydrogen) atoms. The fourth-order valence-electron chi connectivity index (χ4n) is 3.03. The van der Waals surface area contributed by atoms with E-state index in [-0.39, 0.29) is 6.10 Å². The van der Waals surface area contributed by atoms with Crippen molar-refractivity contribution in [2.45, 2.75) is 19.4 Å². The fraction of sp³-hybridized carbons (Fsp3) is 0.438. The molecule has 2 heterocycles. The average molecular weight is 271 g/mol. The van der Waals surface area contributed by atoms with Crippen LogP contribution in [0.15, 0.2) is 30.6 Å². The summed E-state index contributed by atoms with van der Waals surface area (Å²) in [7, 11) is 1.80. The van der Waals surface area contributed by atoms with Crippen molar-refractivity contribution < 1.29 is 4.74 Å². The maximum atomic E-state index is 6.05. The van der Waals surface area contributed by atoms with Gasteiger partial charge in [0, 0.05) is 54.7 Å². The quantitative estimate of drug-likeness (QED) is 0.853. The number of hydrogen-bond acceptors (Lipinski definition) is 4. The molecule has 0 spiro atoms. The van der Waals surface area contributed by atoms with Gasteiger partial charge >= 0.3 is 0 Å². The lowest BCUT2D eigenvalue weighted by atomic mass is 9.95. The van der Waals surface area contributed by atoms with Gasteiger partial charge in [0.1, 0.15) is 0 Å². The zero-order valence-electron chi connectivity index (χ0n) is 12.0. The first-order chi connectivity index (χ1) is 9.70. The molecule has 0 amide bonds. The van der Waals surface area contributed by atoms with E-state index in [1.807, 2.05) is 24.5 Å². The van der Waals surface area contributed by atoms with E-state index < -0.39 is 0 Å². The summed E-state index contributed by atoms with van der Waals surface area (Å²) in [5.41, 5.74) is 8.06. The fourth-order valence-corrected chi connectivity index (χ4v) is 3.03. The first-order valence-electron chi connectivity index (χ1n) is 7.10. The number of nitrogens with zero attached hydrogens (tertiary/aromatic N) is 2. The topological polar surface area (TPSA) is 51.4 Å². The second-order valence-corrected chi connectivity index (χ2v) is 5.58. The molecule has 1 aromatic carbocycles. The van der Waals surface area contributed by atoms with Crippen molar-refractivity contribution in [3.8, 4) is 0 Å². The predicted molar refractivity (Wildman–Crippen MR) is 82.9 cm³/mol. The molecule has 1 saturated heterocycles. The molecule has 1 aliphatic rings. The summed E-state index contributed by atoms with van der Waals surface area (Å²) < 4.78 is 5.61.